The Bertz CT molecular complexity index is 385. The van der Waals surface area contributed by atoms with Gasteiger partial charge in [0.05, 0.1) is 5.92 Å². The van der Waals surface area contributed by atoms with Gasteiger partial charge in [0.25, 0.3) is 0 Å². The smallest absolute Gasteiger partial charge is 0.231 e. The van der Waals surface area contributed by atoms with Crippen molar-refractivity contribution in [3.63, 3.8) is 0 Å². The van der Waals surface area contributed by atoms with Crippen LogP contribution in [0.3, 0.4) is 0 Å². The van der Waals surface area contributed by atoms with Crippen molar-refractivity contribution in [1.82, 2.24) is 15.5 Å². The molecule has 5 nitrogen and oxygen atoms in total. The maximum Gasteiger partial charge on any atom is 0.231 e. The Morgan fingerprint density at radius 3 is 2.72 bits per heavy atom. The predicted molar refractivity (Wildman–Crippen MR) is 68.4 cm³/mol. The summed E-state index contributed by atoms with van der Waals surface area (Å²) in [4.78, 5) is 4.53. The molecule has 0 spiro atoms. The summed E-state index contributed by atoms with van der Waals surface area (Å²) in [6, 6.07) is 0.304. The molecule has 0 radical (unpaired) electrons. The Labute approximate surface area is 108 Å². The molecule has 2 heterocycles. The average molecular weight is 253 g/mol. The number of hydrogen-bond acceptors (Lipinski definition) is 5. The van der Waals surface area contributed by atoms with Gasteiger partial charge >= 0.3 is 0 Å². The van der Waals surface area contributed by atoms with E-state index in [-0.39, 0.29) is 11.5 Å². The fourth-order valence-electron chi connectivity index (χ4n) is 2.21. The van der Waals surface area contributed by atoms with Crippen molar-refractivity contribution < 1.29 is 9.26 Å². The van der Waals surface area contributed by atoms with Gasteiger partial charge in [-0.3, -0.25) is 0 Å². The van der Waals surface area contributed by atoms with E-state index in [1.54, 1.807) is 0 Å². The highest BCUT2D eigenvalue weighted by molar-refractivity contribution is 5.04. The lowest BCUT2D eigenvalue weighted by Crippen LogP contribution is -2.31. The molecular formula is C13H23N3O2. The quantitative estimate of drug-likeness (QED) is 0.891. The van der Waals surface area contributed by atoms with Crippen LogP contribution in [0.5, 0.6) is 0 Å². The summed E-state index contributed by atoms with van der Waals surface area (Å²) in [5.74, 6) is 1.57. The van der Waals surface area contributed by atoms with Crippen molar-refractivity contribution in [1.29, 1.82) is 0 Å². The van der Waals surface area contributed by atoms with Crippen LogP contribution in [0.25, 0.3) is 0 Å². The molecule has 3 unspecified atom stereocenters. The van der Waals surface area contributed by atoms with E-state index in [1.807, 2.05) is 14.0 Å². The fraction of sp³-hybridized carbons (Fsp3) is 0.846. The third-order valence-corrected chi connectivity index (χ3v) is 3.98. The number of ether oxygens (including phenoxy) is 1. The van der Waals surface area contributed by atoms with E-state index < -0.39 is 0 Å². The van der Waals surface area contributed by atoms with Crippen LogP contribution >= 0.6 is 0 Å². The zero-order chi connectivity index (χ0) is 13.2. The molecule has 1 aliphatic heterocycles. The number of hydrogen-bond donors (Lipinski definition) is 1. The van der Waals surface area contributed by atoms with Crippen molar-refractivity contribution >= 4 is 0 Å². The molecule has 102 valence electrons. The molecule has 1 aromatic heterocycles. The van der Waals surface area contributed by atoms with Gasteiger partial charge in [0.2, 0.25) is 11.7 Å². The van der Waals surface area contributed by atoms with E-state index in [0.29, 0.717) is 17.8 Å². The molecule has 0 aromatic carbocycles. The van der Waals surface area contributed by atoms with E-state index in [2.05, 4.69) is 29.3 Å². The molecule has 0 saturated carbocycles. The van der Waals surface area contributed by atoms with Gasteiger partial charge in [0.1, 0.15) is 5.60 Å². The van der Waals surface area contributed by atoms with Crippen LogP contribution in [-0.2, 0) is 10.3 Å². The Hall–Kier alpha value is -0.940. The molecule has 0 amide bonds. The van der Waals surface area contributed by atoms with Crippen LogP contribution in [0, 0.1) is 0 Å². The second-order valence-electron chi connectivity index (χ2n) is 5.36. The highest BCUT2D eigenvalue weighted by Crippen LogP contribution is 2.33. The van der Waals surface area contributed by atoms with Gasteiger partial charge in [-0.05, 0) is 40.2 Å². The van der Waals surface area contributed by atoms with Crippen molar-refractivity contribution in [3.05, 3.63) is 11.7 Å². The number of nitrogens with one attached hydrogen (secondary N) is 1. The Morgan fingerprint density at radius 1 is 1.33 bits per heavy atom. The van der Waals surface area contributed by atoms with E-state index in [1.165, 1.54) is 0 Å². The highest BCUT2D eigenvalue weighted by atomic mass is 16.5. The summed E-state index contributed by atoms with van der Waals surface area (Å²) < 4.78 is 11.2. The molecule has 18 heavy (non-hydrogen) atoms. The predicted octanol–water partition coefficient (Wildman–Crippen LogP) is 2.20. The first-order chi connectivity index (χ1) is 8.57. The summed E-state index contributed by atoms with van der Waals surface area (Å²) in [5, 5.41) is 7.31. The summed E-state index contributed by atoms with van der Waals surface area (Å²) in [7, 11) is 1.93. The number of rotatable bonds is 4. The normalized spacial score (nSPS) is 28.0. The maximum atomic E-state index is 5.83. The fourth-order valence-corrected chi connectivity index (χ4v) is 2.21. The molecule has 1 N–H and O–H groups in total. The molecule has 5 heteroatoms. The lowest BCUT2D eigenvalue weighted by molar-refractivity contribution is -0.0770. The van der Waals surface area contributed by atoms with Crippen molar-refractivity contribution in [2.24, 2.45) is 0 Å². The maximum absolute atomic E-state index is 5.83. The van der Waals surface area contributed by atoms with E-state index in [9.17, 15) is 0 Å². The minimum Gasteiger partial charge on any atom is -0.367 e. The Morgan fingerprint density at radius 2 is 2.11 bits per heavy atom. The number of aromatic nitrogens is 2. The molecule has 1 saturated heterocycles. The summed E-state index contributed by atoms with van der Waals surface area (Å²) in [6.07, 6.45) is 3.23. The lowest BCUT2D eigenvalue weighted by atomic mass is 9.95. The second kappa shape index (κ2) is 5.36. The van der Waals surface area contributed by atoms with Gasteiger partial charge in [0.15, 0.2) is 0 Å². The third kappa shape index (κ3) is 2.57. The largest absolute Gasteiger partial charge is 0.367 e. The zero-order valence-corrected chi connectivity index (χ0v) is 11.7. The topological polar surface area (TPSA) is 60.2 Å². The van der Waals surface area contributed by atoms with Gasteiger partial charge in [-0.1, -0.05) is 12.1 Å². The van der Waals surface area contributed by atoms with Crippen molar-refractivity contribution in [2.45, 2.75) is 57.6 Å². The minimum atomic E-state index is -0.372. The molecular weight excluding hydrogens is 230 g/mol. The lowest BCUT2D eigenvalue weighted by Gasteiger charge is -2.30. The van der Waals surface area contributed by atoms with Gasteiger partial charge in [0, 0.05) is 12.6 Å². The second-order valence-corrected chi connectivity index (χ2v) is 5.36. The van der Waals surface area contributed by atoms with E-state index in [0.717, 1.165) is 25.9 Å². The third-order valence-electron chi connectivity index (χ3n) is 3.98. The van der Waals surface area contributed by atoms with Crippen LogP contribution in [0.2, 0.25) is 0 Å². The number of nitrogens with zero attached hydrogens (tertiary/aromatic N) is 2. The first-order valence-corrected chi connectivity index (χ1v) is 6.72. The van der Waals surface area contributed by atoms with Crippen LogP contribution in [-0.4, -0.2) is 29.8 Å². The van der Waals surface area contributed by atoms with Gasteiger partial charge in [-0.15, -0.1) is 0 Å². The monoisotopic (exact) mass is 253 g/mol. The first kappa shape index (κ1) is 13.5. The molecule has 1 fully saturated rings. The summed E-state index contributed by atoms with van der Waals surface area (Å²) in [6.45, 7) is 7.02. The molecule has 1 aliphatic rings. The molecule has 0 bridgehead atoms. The standard InChI is InChI=1S/C13H23N3O2/c1-9(10(2)14-4)11-15-12(16-18-11)13(3)7-5-6-8-17-13/h9-10,14H,5-8H2,1-4H3. The van der Waals surface area contributed by atoms with Gasteiger partial charge in [-0.25, -0.2) is 0 Å². The summed E-state index contributed by atoms with van der Waals surface area (Å²) in [5.41, 5.74) is -0.372. The van der Waals surface area contributed by atoms with Crippen LogP contribution in [0.15, 0.2) is 4.52 Å². The van der Waals surface area contributed by atoms with Crippen molar-refractivity contribution in [3.8, 4) is 0 Å². The van der Waals surface area contributed by atoms with Crippen LogP contribution < -0.4 is 5.32 Å². The molecule has 2 rings (SSSR count). The number of likely N-dealkylation sites (N-methyl/N-ethyl adjacent to an activating group) is 1. The Kier molecular flexibility index (Phi) is 4.02. The molecule has 0 aliphatic carbocycles. The van der Waals surface area contributed by atoms with Gasteiger partial charge in [-0.2, -0.15) is 4.98 Å². The van der Waals surface area contributed by atoms with Crippen LogP contribution in [0.4, 0.5) is 0 Å². The minimum absolute atomic E-state index is 0.198. The molecule has 3 atom stereocenters. The van der Waals surface area contributed by atoms with E-state index in [4.69, 9.17) is 9.26 Å². The molecule has 1 aromatic rings. The summed E-state index contributed by atoms with van der Waals surface area (Å²) >= 11 is 0. The first-order valence-electron chi connectivity index (χ1n) is 6.72. The highest BCUT2D eigenvalue weighted by Gasteiger charge is 2.35. The average Bonchev–Trinajstić information content (AvgIpc) is 2.88. The van der Waals surface area contributed by atoms with Crippen LogP contribution in [0.1, 0.15) is 57.7 Å². The van der Waals surface area contributed by atoms with E-state index >= 15 is 0 Å². The zero-order valence-electron chi connectivity index (χ0n) is 11.7. The SMILES string of the molecule is CNC(C)C(C)c1nc(C2(C)CCCCO2)no1. The van der Waals surface area contributed by atoms with Gasteiger partial charge < -0.3 is 14.6 Å². The Balaban J connectivity index is 2.14. The van der Waals surface area contributed by atoms with Crippen molar-refractivity contribution in [2.75, 3.05) is 13.7 Å².